The molecule has 31 heavy (non-hydrogen) atoms. The second-order valence-electron chi connectivity index (χ2n) is 7.68. The highest BCUT2D eigenvalue weighted by Crippen LogP contribution is 2.33. The molecule has 7 nitrogen and oxygen atoms in total. The first kappa shape index (κ1) is 21.3. The highest BCUT2D eigenvalue weighted by Gasteiger charge is 2.25. The van der Waals surface area contributed by atoms with E-state index < -0.39 is 16.1 Å². The molecule has 0 amide bonds. The van der Waals surface area contributed by atoms with Crippen LogP contribution in [0.1, 0.15) is 42.5 Å². The summed E-state index contributed by atoms with van der Waals surface area (Å²) in [6, 6.07) is 13.9. The molecule has 162 valence electrons. The van der Waals surface area contributed by atoms with Crippen molar-refractivity contribution in [3.05, 3.63) is 75.6 Å². The van der Waals surface area contributed by atoms with Crippen LogP contribution in [0, 0.1) is 0 Å². The lowest BCUT2D eigenvalue weighted by Gasteiger charge is -2.19. The van der Waals surface area contributed by atoms with Gasteiger partial charge < -0.3 is 4.74 Å². The Kier molecular flexibility index (Phi) is 5.93. The highest BCUT2D eigenvalue weighted by molar-refractivity contribution is 7.89. The fourth-order valence-corrected chi connectivity index (χ4v) is 5.46. The van der Waals surface area contributed by atoms with Crippen LogP contribution in [0.5, 0.6) is 5.75 Å². The third kappa shape index (κ3) is 4.26. The van der Waals surface area contributed by atoms with Crippen molar-refractivity contribution in [3.63, 3.8) is 0 Å². The van der Waals surface area contributed by atoms with Gasteiger partial charge in [0.2, 0.25) is 10.0 Å². The fourth-order valence-electron chi connectivity index (χ4n) is 4.04. The van der Waals surface area contributed by atoms with E-state index in [4.69, 9.17) is 4.74 Å². The highest BCUT2D eigenvalue weighted by atomic mass is 32.2. The molecule has 1 aliphatic rings. The van der Waals surface area contributed by atoms with E-state index in [0.29, 0.717) is 17.7 Å². The minimum Gasteiger partial charge on any atom is -0.495 e. The summed E-state index contributed by atoms with van der Waals surface area (Å²) in [5.74, 6) is 0.245. The maximum atomic E-state index is 13.3. The molecule has 0 fully saturated rings. The molecule has 0 radical (unpaired) electrons. The third-order valence-electron chi connectivity index (χ3n) is 5.66. The molecule has 3 aromatic rings. The number of ether oxygens (including phenoxy) is 1. The number of hydrogen-bond donors (Lipinski definition) is 2. The average Bonchev–Trinajstić information content (AvgIpc) is 2.79. The minimum atomic E-state index is -3.89. The first-order valence-electron chi connectivity index (χ1n) is 10.3. The van der Waals surface area contributed by atoms with E-state index in [1.165, 1.54) is 7.11 Å². The number of fused-ring (bicyclic) bond motifs is 1. The quantitative estimate of drug-likeness (QED) is 0.613. The molecule has 4 rings (SSSR count). The number of sulfonamides is 1. The first-order valence-corrected chi connectivity index (χ1v) is 11.7. The van der Waals surface area contributed by atoms with E-state index in [-0.39, 0.29) is 16.2 Å². The van der Waals surface area contributed by atoms with Crippen LogP contribution in [0.3, 0.4) is 0 Å². The zero-order valence-electron chi connectivity index (χ0n) is 17.5. The van der Waals surface area contributed by atoms with Crippen molar-refractivity contribution < 1.29 is 13.2 Å². The van der Waals surface area contributed by atoms with E-state index in [1.54, 1.807) is 25.1 Å². The van der Waals surface area contributed by atoms with Crippen LogP contribution in [0.25, 0.3) is 11.3 Å². The van der Waals surface area contributed by atoms with Crippen LogP contribution in [-0.2, 0) is 22.9 Å². The molecular weight excluding hydrogens is 414 g/mol. The Morgan fingerprint density at radius 1 is 1.06 bits per heavy atom. The van der Waals surface area contributed by atoms with E-state index in [0.717, 1.165) is 36.0 Å². The lowest BCUT2D eigenvalue weighted by Crippen LogP contribution is -2.27. The zero-order chi connectivity index (χ0) is 22.0. The number of aromatic nitrogens is 2. The monoisotopic (exact) mass is 439 g/mol. The molecule has 2 aromatic carbocycles. The molecule has 1 aliphatic carbocycles. The van der Waals surface area contributed by atoms with E-state index >= 15 is 0 Å². The van der Waals surface area contributed by atoms with Gasteiger partial charge in [0.15, 0.2) is 0 Å². The molecule has 1 heterocycles. The standard InChI is InChI=1S/C23H25N3O4S/c1-15(16-8-4-3-5-9-16)26-31(28,29)21-14-17(12-13-20(21)30-2)22-18-10-6-7-11-19(18)23(27)25-24-22/h3-5,8-9,12-15,26H,6-7,10-11H2,1-2H3,(H,25,27)/t15-/m1/s1. The van der Waals surface area contributed by atoms with Crippen LogP contribution in [0.2, 0.25) is 0 Å². The molecule has 1 atom stereocenters. The smallest absolute Gasteiger partial charge is 0.267 e. The van der Waals surface area contributed by atoms with Gasteiger partial charge >= 0.3 is 0 Å². The van der Waals surface area contributed by atoms with Crippen molar-refractivity contribution in [3.8, 4) is 17.0 Å². The average molecular weight is 440 g/mol. The van der Waals surface area contributed by atoms with Crippen molar-refractivity contribution in [2.45, 2.75) is 43.5 Å². The van der Waals surface area contributed by atoms with Gasteiger partial charge in [-0.25, -0.2) is 18.2 Å². The number of aromatic amines is 1. The van der Waals surface area contributed by atoms with Gasteiger partial charge in [0.25, 0.3) is 5.56 Å². The van der Waals surface area contributed by atoms with Gasteiger partial charge in [-0.2, -0.15) is 5.10 Å². The van der Waals surface area contributed by atoms with Gasteiger partial charge in [0.05, 0.1) is 12.8 Å². The molecule has 0 aliphatic heterocycles. The number of methoxy groups -OCH3 is 1. The van der Waals surface area contributed by atoms with E-state index in [9.17, 15) is 13.2 Å². The van der Waals surface area contributed by atoms with Crippen molar-refractivity contribution >= 4 is 10.0 Å². The second-order valence-corrected chi connectivity index (χ2v) is 9.37. The molecular formula is C23H25N3O4S. The van der Waals surface area contributed by atoms with Gasteiger partial charge in [-0.1, -0.05) is 30.3 Å². The number of nitrogens with one attached hydrogen (secondary N) is 2. The molecule has 0 spiro atoms. The van der Waals surface area contributed by atoms with Crippen LogP contribution >= 0.6 is 0 Å². The maximum Gasteiger partial charge on any atom is 0.267 e. The van der Waals surface area contributed by atoms with Crippen molar-refractivity contribution in [1.82, 2.24) is 14.9 Å². The summed E-state index contributed by atoms with van der Waals surface area (Å²) in [6.07, 6.45) is 3.39. The Balaban J connectivity index is 1.76. The van der Waals surface area contributed by atoms with Crippen molar-refractivity contribution in [2.24, 2.45) is 0 Å². The Bertz CT molecular complexity index is 1250. The summed E-state index contributed by atoms with van der Waals surface area (Å²) in [4.78, 5) is 12.2. The van der Waals surface area contributed by atoms with Crippen LogP contribution < -0.4 is 15.0 Å². The lowest BCUT2D eigenvalue weighted by atomic mass is 9.90. The van der Waals surface area contributed by atoms with E-state index in [2.05, 4.69) is 14.9 Å². The molecule has 2 N–H and O–H groups in total. The van der Waals surface area contributed by atoms with Crippen LogP contribution in [-0.4, -0.2) is 25.7 Å². The predicted molar refractivity (Wildman–Crippen MR) is 119 cm³/mol. The largest absolute Gasteiger partial charge is 0.495 e. The number of rotatable bonds is 6. The van der Waals surface area contributed by atoms with Crippen molar-refractivity contribution in [1.29, 1.82) is 0 Å². The number of benzene rings is 2. The van der Waals surface area contributed by atoms with Crippen LogP contribution in [0.15, 0.2) is 58.2 Å². The van der Waals surface area contributed by atoms with Gasteiger partial charge in [0.1, 0.15) is 10.6 Å². The van der Waals surface area contributed by atoms with Crippen molar-refractivity contribution in [2.75, 3.05) is 7.11 Å². The fraction of sp³-hybridized carbons (Fsp3) is 0.304. The van der Waals surface area contributed by atoms with E-state index in [1.807, 2.05) is 30.3 Å². The summed E-state index contributed by atoms with van der Waals surface area (Å²) < 4.78 is 34.6. The molecule has 0 bridgehead atoms. The number of nitrogens with zero attached hydrogens (tertiary/aromatic N) is 1. The predicted octanol–water partition coefficient (Wildman–Crippen LogP) is 3.36. The summed E-state index contributed by atoms with van der Waals surface area (Å²) in [5, 5.41) is 6.82. The third-order valence-corrected chi connectivity index (χ3v) is 7.22. The van der Waals surface area contributed by atoms with Gasteiger partial charge in [-0.05, 0) is 61.9 Å². The molecule has 0 saturated carbocycles. The Morgan fingerprint density at radius 3 is 2.48 bits per heavy atom. The molecule has 1 aromatic heterocycles. The number of H-pyrrole nitrogens is 1. The molecule has 0 saturated heterocycles. The molecule has 8 heteroatoms. The van der Waals surface area contributed by atoms with Crippen LogP contribution in [0.4, 0.5) is 0 Å². The second kappa shape index (κ2) is 8.64. The SMILES string of the molecule is COc1ccc(-c2n[nH]c(=O)c3c2CCCC3)cc1S(=O)(=O)N[C@H](C)c1ccccc1. The summed E-state index contributed by atoms with van der Waals surface area (Å²) in [6.45, 7) is 1.79. The Hall–Kier alpha value is -2.97. The minimum absolute atomic E-state index is 0.0350. The summed E-state index contributed by atoms with van der Waals surface area (Å²) in [5.41, 5.74) is 3.57. The molecule has 0 unspecified atom stereocenters. The summed E-state index contributed by atoms with van der Waals surface area (Å²) >= 11 is 0. The number of hydrogen-bond acceptors (Lipinski definition) is 5. The van der Waals surface area contributed by atoms with Gasteiger partial charge in [-0.15, -0.1) is 0 Å². The van der Waals surface area contributed by atoms with Gasteiger partial charge in [-0.3, -0.25) is 4.79 Å². The Labute approximate surface area is 181 Å². The zero-order valence-corrected chi connectivity index (χ0v) is 18.3. The maximum absolute atomic E-state index is 13.3. The topological polar surface area (TPSA) is 101 Å². The summed E-state index contributed by atoms with van der Waals surface area (Å²) in [7, 11) is -2.45. The normalized spacial score (nSPS) is 14.6. The lowest BCUT2D eigenvalue weighted by molar-refractivity contribution is 0.402. The first-order chi connectivity index (χ1) is 14.9. The van der Waals surface area contributed by atoms with Gasteiger partial charge in [0, 0.05) is 17.2 Å². The Morgan fingerprint density at radius 2 is 1.77 bits per heavy atom.